The molecule has 11 nitrogen and oxygen atoms in total. The van der Waals surface area contributed by atoms with E-state index in [-0.39, 0.29) is 18.8 Å². The van der Waals surface area contributed by atoms with E-state index >= 15 is 0 Å². The Balaban J connectivity index is 1.60. The Morgan fingerprint density at radius 1 is 1.07 bits per heavy atom. The number of benzene rings is 2. The number of methoxy groups -OCH3 is 1. The molecule has 0 aliphatic carbocycles. The molecule has 0 fully saturated rings. The number of ether oxygens (including phenoxy) is 2. The van der Waals surface area contributed by atoms with E-state index in [0.717, 1.165) is 27.8 Å². The van der Waals surface area contributed by atoms with Gasteiger partial charge in [-0.1, -0.05) is 17.7 Å². The van der Waals surface area contributed by atoms with Crippen molar-refractivity contribution < 1.29 is 27.4 Å². The van der Waals surface area contributed by atoms with Gasteiger partial charge in [0, 0.05) is 31.3 Å². The van der Waals surface area contributed by atoms with Crippen LogP contribution in [0.1, 0.15) is 29.2 Å². The smallest absolute Gasteiger partial charge is 0.434 e. The summed E-state index contributed by atoms with van der Waals surface area (Å²) in [5.74, 6) is 0.169. The van der Waals surface area contributed by atoms with E-state index < -0.39 is 23.5 Å². The number of carbonyl (C=O) groups excluding carboxylic acids is 1. The molecule has 2 aromatic carbocycles. The van der Waals surface area contributed by atoms with Crippen LogP contribution >= 0.6 is 0 Å². The van der Waals surface area contributed by atoms with Gasteiger partial charge in [0.25, 0.3) is 5.91 Å². The van der Waals surface area contributed by atoms with Gasteiger partial charge in [0.05, 0.1) is 25.1 Å². The Hall–Kier alpha value is -4.72. The van der Waals surface area contributed by atoms with Crippen LogP contribution in [0.25, 0.3) is 11.3 Å². The fourth-order valence-corrected chi connectivity index (χ4v) is 5.57. The number of alkyl halides is 3. The molecule has 0 bridgehead atoms. The quantitative estimate of drug-likeness (QED) is 0.308. The predicted molar refractivity (Wildman–Crippen MR) is 157 cm³/mol. The number of nitrogens with zero attached hydrogens (tertiary/aromatic N) is 3. The van der Waals surface area contributed by atoms with Crippen molar-refractivity contribution in [3.05, 3.63) is 80.0 Å². The topological polar surface area (TPSA) is 123 Å². The summed E-state index contributed by atoms with van der Waals surface area (Å²) in [4.78, 5) is 31.6. The first-order chi connectivity index (χ1) is 20.9. The summed E-state index contributed by atoms with van der Waals surface area (Å²) in [7, 11) is 1.55. The number of halogens is 3. The molecule has 0 spiro atoms. The molecule has 0 saturated heterocycles. The minimum Gasteiger partial charge on any atom is -0.493 e. The van der Waals surface area contributed by atoms with Gasteiger partial charge in [-0.25, -0.2) is 9.79 Å². The number of aromatic nitrogens is 2. The van der Waals surface area contributed by atoms with Crippen LogP contribution < -0.4 is 42.4 Å². The molecular weight excluding hydrogens is 579 g/mol. The zero-order valence-corrected chi connectivity index (χ0v) is 25.0. The molecule has 1 amide bonds. The zero-order valence-electron chi connectivity index (χ0n) is 25.0. The Bertz CT molecular complexity index is 1770. The fourth-order valence-electron chi connectivity index (χ4n) is 5.57. The summed E-state index contributed by atoms with van der Waals surface area (Å²) in [6, 6.07) is 9.60. The van der Waals surface area contributed by atoms with Crippen molar-refractivity contribution in [3.8, 4) is 22.8 Å². The highest BCUT2D eigenvalue weighted by Gasteiger charge is 2.41. The standard InChI is InChI=1S/C30H34F3N7O4/c1-6-44-23-13-19-7-9-39-21(20(19)14-22(23)43-5)15-24(35-25-17(3)11-16(2)12-18(25)4)40(29(39)42)10-8-34-28(41)26-27(30(31,32)33)37-38-36-26/h11-15,36-38H,6-10H2,1-5H3,(H,34,41). The molecule has 5 rings (SSSR count). The van der Waals surface area contributed by atoms with E-state index in [1.807, 2.05) is 63.5 Å². The van der Waals surface area contributed by atoms with Gasteiger partial charge < -0.3 is 14.8 Å². The number of carbonyl (C=O) groups is 1. The SMILES string of the molecule is CCOc1cc2c(cc1OC)-c1cc(=Nc3c(C)cc(C)cc3C)n(CCNC(=O)C3=C(C(F)(F)F)NNN3)c(=O)n1CC2. The van der Waals surface area contributed by atoms with Crippen molar-refractivity contribution in [1.82, 2.24) is 30.8 Å². The monoisotopic (exact) mass is 613 g/mol. The maximum Gasteiger partial charge on any atom is 0.434 e. The minimum atomic E-state index is -4.77. The number of amides is 1. The highest BCUT2D eigenvalue weighted by Crippen LogP contribution is 2.38. The summed E-state index contributed by atoms with van der Waals surface area (Å²) in [5.41, 5.74) is 10.3. The van der Waals surface area contributed by atoms with Gasteiger partial charge >= 0.3 is 11.9 Å². The number of rotatable bonds is 8. The molecule has 0 saturated carbocycles. The van der Waals surface area contributed by atoms with E-state index in [1.54, 1.807) is 11.7 Å². The van der Waals surface area contributed by atoms with Crippen LogP contribution in [0.15, 0.2) is 51.5 Å². The second kappa shape index (κ2) is 12.1. The summed E-state index contributed by atoms with van der Waals surface area (Å²) < 4.78 is 54.2. The Labute approximate surface area is 251 Å². The van der Waals surface area contributed by atoms with Gasteiger partial charge in [0.1, 0.15) is 11.2 Å². The normalized spacial score (nSPS) is 14.5. The first-order valence-corrected chi connectivity index (χ1v) is 14.1. The summed E-state index contributed by atoms with van der Waals surface area (Å²) in [5, 5.41) is 2.47. The van der Waals surface area contributed by atoms with E-state index in [4.69, 9.17) is 14.5 Å². The molecular formula is C30H34F3N7O4. The maximum absolute atomic E-state index is 14.0. The van der Waals surface area contributed by atoms with Crippen LogP contribution in [0.2, 0.25) is 0 Å². The summed E-state index contributed by atoms with van der Waals surface area (Å²) >= 11 is 0. The number of fused-ring (bicyclic) bond motifs is 3. The molecule has 3 aromatic rings. The molecule has 0 radical (unpaired) electrons. The first-order valence-electron chi connectivity index (χ1n) is 14.1. The maximum atomic E-state index is 14.0. The van der Waals surface area contributed by atoms with Gasteiger partial charge in [-0.05, 0) is 62.9 Å². The molecule has 14 heteroatoms. The Morgan fingerprint density at radius 2 is 1.80 bits per heavy atom. The van der Waals surface area contributed by atoms with Gasteiger partial charge in [0.15, 0.2) is 17.2 Å². The lowest BCUT2D eigenvalue weighted by Gasteiger charge is -2.25. The van der Waals surface area contributed by atoms with Crippen LogP contribution in [0.4, 0.5) is 18.9 Å². The average Bonchev–Trinajstić information content (AvgIpc) is 3.47. The summed E-state index contributed by atoms with van der Waals surface area (Å²) in [6.07, 6.45) is -4.21. The lowest BCUT2D eigenvalue weighted by molar-refractivity contribution is -0.119. The van der Waals surface area contributed by atoms with Crippen molar-refractivity contribution in [3.63, 3.8) is 0 Å². The molecule has 234 valence electrons. The Morgan fingerprint density at radius 3 is 2.45 bits per heavy atom. The van der Waals surface area contributed by atoms with E-state index in [9.17, 15) is 22.8 Å². The first kappa shape index (κ1) is 30.7. The zero-order chi connectivity index (χ0) is 31.8. The second-order valence-electron chi connectivity index (χ2n) is 10.6. The minimum absolute atomic E-state index is 0.0391. The van der Waals surface area contributed by atoms with Crippen LogP contribution in [0.5, 0.6) is 11.5 Å². The van der Waals surface area contributed by atoms with Crippen LogP contribution in [-0.4, -0.2) is 41.5 Å². The van der Waals surface area contributed by atoms with Gasteiger partial charge in [-0.3, -0.25) is 24.8 Å². The van der Waals surface area contributed by atoms with Gasteiger partial charge in [-0.15, -0.1) is 5.53 Å². The van der Waals surface area contributed by atoms with Crippen LogP contribution in [0, 0.1) is 20.8 Å². The van der Waals surface area contributed by atoms with Crippen molar-refractivity contribution in [2.45, 2.75) is 53.4 Å². The van der Waals surface area contributed by atoms with Gasteiger partial charge in [0.2, 0.25) is 0 Å². The predicted octanol–water partition coefficient (Wildman–Crippen LogP) is 2.94. The molecule has 44 heavy (non-hydrogen) atoms. The fraction of sp³-hybridized carbons (Fsp3) is 0.367. The number of aryl methyl sites for hydroxylation is 4. The van der Waals surface area contributed by atoms with E-state index in [0.29, 0.717) is 47.9 Å². The van der Waals surface area contributed by atoms with Crippen LogP contribution in [0.3, 0.4) is 0 Å². The van der Waals surface area contributed by atoms with Crippen LogP contribution in [-0.2, 0) is 24.3 Å². The van der Waals surface area contributed by atoms with Crippen molar-refractivity contribution in [1.29, 1.82) is 0 Å². The molecule has 0 atom stereocenters. The average molecular weight is 614 g/mol. The third kappa shape index (κ3) is 5.89. The summed E-state index contributed by atoms with van der Waals surface area (Å²) in [6.45, 7) is 8.44. The van der Waals surface area contributed by atoms with Gasteiger partial charge in [-0.2, -0.15) is 13.2 Å². The largest absolute Gasteiger partial charge is 0.493 e. The second-order valence-corrected chi connectivity index (χ2v) is 10.6. The van der Waals surface area contributed by atoms with Crippen molar-refractivity contribution >= 4 is 11.6 Å². The molecule has 4 N–H and O–H groups in total. The lowest BCUT2D eigenvalue weighted by atomic mass is 9.97. The van der Waals surface area contributed by atoms with Crippen molar-refractivity contribution in [2.75, 3.05) is 20.3 Å². The number of nitrogens with one attached hydrogen (secondary N) is 4. The molecule has 1 aromatic heterocycles. The number of hydrogen-bond acceptors (Lipinski definition) is 8. The van der Waals surface area contributed by atoms with E-state index in [1.165, 1.54) is 4.57 Å². The highest BCUT2D eigenvalue weighted by molar-refractivity contribution is 5.94. The number of allylic oxidation sites excluding steroid dienone is 1. The number of hydrazine groups is 2. The lowest BCUT2D eigenvalue weighted by Crippen LogP contribution is -2.44. The highest BCUT2D eigenvalue weighted by atomic mass is 19.4. The van der Waals surface area contributed by atoms with Crippen molar-refractivity contribution in [2.24, 2.45) is 4.99 Å². The van der Waals surface area contributed by atoms with E-state index in [2.05, 4.69) is 16.3 Å². The number of hydrogen-bond donors (Lipinski definition) is 4. The third-order valence-corrected chi connectivity index (χ3v) is 7.48. The third-order valence-electron chi connectivity index (χ3n) is 7.48. The molecule has 2 aliphatic rings. The molecule has 2 aliphatic heterocycles. The molecule has 3 heterocycles. The Kier molecular flexibility index (Phi) is 8.46. The molecule has 0 unspecified atom stereocenters.